The molecule has 0 saturated carbocycles. The third-order valence-electron chi connectivity index (χ3n) is 4.62. The minimum absolute atomic E-state index is 0.165. The first-order valence-electron chi connectivity index (χ1n) is 7.33. The second kappa shape index (κ2) is 4.96. The number of aromatic nitrogens is 1. The molecule has 2 unspecified atom stereocenters. The van der Waals surface area contributed by atoms with Crippen LogP contribution in [0.2, 0.25) is 0 Å². The van der Waals surface area contributed by atoms with E-state index in [1.807, 2.05) is 12.1 Å². The van der Waals surface area contributed by atoms with Crippen LogP contribution in [0.15, 0.2) is 18.2 Å². The van der Waals surface area contributed by atoms with Crippen molar-refractivity contribution < 1.29 is 9.90 Å². The molecule has 6 heteroatoms. The van der Waals surface area contributed by atoms with E-state index in [9.17, 15) is 4.79 Å². The van der Waals surface area contributed by atoms with Crippen molar-refractivity contribution in [1.29, 1.82) is 0 Å². The first-order chi connectivity index (χ1) is 10.2. The molecule has 5 nitrogen and oxygen atoms in total. The number of carbonyl (C=O) groups is 1. The van der Waals surface area contributed by atoms with Gasteiger partial charge in [-0.15, -0.1) is 0 Å². The smallest absolute Gasteiger partial charge is 0.356 e. The number of hydrogen-bond donors (Lipinski definition) is 2. The van der Waals surface area contributed by atoms with Gasteiger partial charge in [-0.2, -0.15) is 4.37 Å². The average Bonchev–Trinajstić information content (AvgIpc) is 3.10. The van der Waals surface area contributed by atoms with Crippen molar-refractivity contribution in [2.24, 2.45) is 5.92 Å². The number of carboxylic acids is 1. The van der Waals surface area contributed by atoms with Crippen molar-refractivity contribution in [3.8, 4) is 0 Å². The molecular weight excluding hydrogens is 286 g/mol. The van der Waals surface area contributed by atoms with Gasteiger partial charge in [-0.05, 0) is 55.0 Å². The highest BCUT2D eigenvalue weighted by atomic mass is 32.1. The number of nitrogens with zero attached hydrogens (tertiary/aromatic N) is 2. The fourth-order valence-electron chi connectivity index (χ4n) is 3.53. The lowest BCUT2D eigenvalue weighted by molar-refractivity contribution is 0.0694. The Bertz CT molecular complexity index is 685. The summed E-state index contributed by atoms with van der Waals surface area (Å²) in [5, 5.41) is 13.5. The second-order valence-corrected chi connectivity index (χ2v) is 6.69. The van der Waals surface area contributed by atoms with Gasteiger partial charge in [0.2, 0.25) is 0 Å². The highest BCUT2D eigenvalue weighted by molar-refractivity contribution is 7.13. The van der Waals surface area contributed by atoms with Crippen molar-refractivity contribution >= 4 is 33.3 Å². The molecule has 2 saturated heterocycles. The van der Waals surface area contributed by atoms with Crippen LogP contribution in [0.25, 0.3) is 10.1 Å². The van der Waals surface area contributed by atoms with Gasteiger partial charge in [0, 0.05) is 30.2 Å². The number of fused-ring (bicyclic) bond motifs is 2. The van der Waals surface area contributed by atoms with Gasteiger partial charge in [0.1, 0.15) is 0 Å². The van der Waals surface area contributed by atoms with Crippen molar-refractivity contribution in [1.82, 2.24) is 9.69 Å². The summed E-state index contributed by atoms with van der Waals surface area (Å²) in [6.07, 6.45) is 2.57. The van der Waals surface area contributed by atoms with Crippen molar-refractivity contribution in [3.63, 3.8) is 0 Å². The van der Waals surface area contributed by atoms with E-state index in [0.717, 1.165) is 35.6 Å². The summed E-state index contributed by atoms with van der Waals surface area (Å²) < 4.78 is 5.00. The number of piperidine rings is 1. The number of benzene rings is 1. The van der Waals surface area contributed by atoms with Crippen LogP contribution in [-0.2, 0) is 0 Å². The van der Waals surface area contributed by atoms with Crippen molar-refractivity contribution in [2.45, 2.75) is 18.9 Å². The monoisotopic (exact) mass is 303 g/mol. The molecule has 4 rings (SSSR count). The lowest BCUT2D eigenvalue weighted by atomic mass is 9.94. The van der Waals surface area contributed by atoms with Crippen molar-refractivity contribution in [2.75, 3.05) is 24.5 Å². The maximum atomic E-state index is 11.1. The Labute approximate surface area is 126 Å². The Hall–Kier alpha value is -1.66. The zero-order valence-corrected chi connectivity index (χ0v) is 12.4. The largest absolute Gasteiger partial charge is 0.476 e. The van der Waals surface area contributed by atoms with E-state index in [2.05, 4.69) is 20.7 Å². The third-order valence-corrected chi connectivity index (χ3v) is 5.43. The highest BCUT2D eigenvalue weighted by Crippen LogP contribution is 2.32. The summed E-state index contributed by atoms with van der Waals surface area (Å²) in [6.45, 7) is 3.26. The maximum absolute atomic E-state index is 11.1. The molecule has 2 fully saturated rings. The molecule has 110 valence electrons. The Balaban J connectivity index is 1.64. The summed E-state index contributed by atoms with van der Waals surface area (Å²) in [5.41, 5.74) is 1.34. The number of anilines is 1. The molecule has 2 aliphatic heterocycles. The fraction of sp³-hybridized carbons (Fsp3) is 0.467. The number of hydrogen-bond acceptors (Lipinski definition) is 5. The molecule has 0 bridgehead atoms. The van der Waals surface area contributed by atoms with E-state index >= 15 is 0 Å². The SMILES string of the molecule is O=C(O)c1nsc2cc(N3CC4CCCNC4C3)ccc12. The molecule has 21 heavy (non-hydrogen) atoms. The molecule has 2 N–H and O–H groups in total. The number of nitrogens with one attached hydrogen (secondary N) is 1. The van der Waals surface area contributed by atoms with Gasteiger partial charge in [-0.25, -0.2) is 4.79 Å². The normalized spacial score (nSPS) is 25.2. The van der Waals surface area contributed by atoms with Crippen LogP contribution in [0.5, 0.6) is 0 Å². The minimum atomic E-state index is -0.953. The van der Waals surface area contributed by atoms with Crippen LogP contribution in [0.1, 0.15) is 23.3 Å². The molecule has 0 aliphatic carbocycles. The summed E-state index contributed by atoms with van der Waals surface area (Å²) >= 11 is 1.27. The highest BCUT2D eigenvalue weighted by Gasteiger charge is 2.34. The number of carboxylic acid groups (broad SMARTS) is 1. The molecule has 0 radical (unpaired) electrons. The Morgan fingerprint density at radius 2 is 2.33 bits per heavy atom. The molecule has 2 atom stereocenters. The maximum Gasteiger partial charge on any atom is 0.356 e. The van der Waals surface area contributed by atoms with Crippen LogP contribution in [-0.4, -0.2) is 41.1 Å². The predicted octanol–water partition coefficient (Wildman–Crippen LogP) is 2.18. The number of aromatic carboxylic acids is 1. The quantitative estimate of drug-likeness (QED) is 0.890. The van der Waals surface area contributed by atoms with Crippen LogP contribution >= 0.6 is 11.5 Å². The zero-order chi connectivity index (χ0) is 14.4. The van der Waals surface area contributed by atoms with Crippen LogP contribution in [0.3, 0.4) is 0 Å². The molecule has 0 amide bonds. The molecule has 2 aliphatic rings. The van der Waals surface area contributed by atoms with Gasteiger partial charge in [0.25, 0.3) is 0 Å². The van der Waals surface area contributed by atoms with E-state index < -0.39 is 5.97 Å². The standard InChI is InChI=1S/C15H17N3O2S/c19-15(20)14-11-4-3-10(6-13(11)21-17-14)18-7-9-2-1-5-16-12(9)8-18/h3-4,6,9,12,16H,1-2,5,7-8H2,(H,19,20). The second-order valence-electron chi connectivity index (χ2n) is 5.88. The summed E-state index contributed by atoms with van der Waals surface area (Å²) in [6, 6.07) is 6.61. The molecule has 3 heterocycles. The zero-order valence-electron chi connectivity index (χ0n) is 11.6. The van der Waals surface area contributed by atoms with Gasteiger partial charge in [0.05, 0.1) is 4.70 Å². The van der Waals surface area contributed by atoms with Crippen LogP contribution in [0.4, 0.5) is 5.69 Å². The van der Waals surface area contributed by atoms with E-state index in [1.54, 1.807) is 0 Å². The fourth-order valence-corrected chi connectivity index (χ4v) is 4.34. The average molecular weight is 303 g/mol. The summed E-state index contributed by atoms with van der Waals surface area (Å²) in [5.74, 6) is -0.212. The molecular formula is C15H17N3O2S. The van der Waals surface area contributed by atoms with E-state index in [0.29, 0.717) is 6.04 Å². The molecule has 1 aromatic heterocycles. The van der Waals surface area contributed by atoms with Gasteiger partial charge < -0.3 is 15.3 Å². The summed E-state index contributed by atoms with van der Waals surface area (Å²) in [7, 11) is 0. The number of rotatable bonds is 2. The predicted molar refractivity (Wildman–Crippen MR) is 83.3 cm³/mol. The van der Waals surface area contributed by atoms with Gasteiger partial charge in [-0.1, -0.05) is 0 Å². The van der Waals surface area contributed by atoms with Crippen molar-refractivity contribution in [3.05, 3.63) is 23.9 Å². The van der Waals surface area contributed by atoms with E-state index in [-0.39, 0.29) is 5.69 Å². The third kappa shape index (κ3) is 2.18. The topological polar surface area (TPSA) is 65.5 Å². The Kier molecular flexibility index (Phi) is 3.08. The first kappa shape index (κ1) is 13.0. The molecule has 0 spiro atoms. The summed E-state index contributed by atoms with van der Waals surface area (Å²) in [4.78, 5) is 13.5. The van der Waals surface area contributed by atoms with Gasteiger partial charge in [-0.3, -0.25) is 0 Å². The Morgan fingerprint density at radius 3 is 3.14 bits per heavy atom. The first-order valence-corrected chi connectivity index (χ1v) is 8.11. The van der Waals surface area contributed by atoms with Crippen LogP contribution < -0.4 is 10.2 Å². The van der Waals surface area contributed by atoms with E-state index in [4.69, 9.17) is 5.11 Å². The van der Waals surface area contributed by atoms with E-state index in [1.165, 1.54) is 30.1 Å². The van der Waals surface area contributed by atoms with Gasteiger partial charge in [0.15, 0.2) is 5.69 Å². The molecule has 1 aromatic carbocycles. The molecule has 2 aromatic rings. The lowest BCUT2D eigenvalue weighted by Crippen LogP contribution is -2.40. The van der Waals surface area contributed by atoms with Gasteiger partial charge >= 0.3 is 5.97 Å². The minimum Gasteiger partial charge on any atom is -0.476 e. The Morgan fingerprint density at radius 1 is 1.43 bits per heavy atom. The lowest BCUT2D eigenvalue weighted by Gasteiger charge is -2.24. The van der Waals surface area contributed by atoms with Crippen LogP contribution in [0, 0.1) is 5.92 Å².